The first kappa shape index (κ1) is 41.1. The molecule has 6 heteroatoms. The molecule has 268 valence electrons. The smallest absolute Gasteiger partial charge is 0.196 e. The number of Topliss-reactive ketones (excluding diaryl/α,β-unsaturated/α-hetero) is 1. The van der Waals surface area contributed by atoms with E-state index in [1.165, 1.54) is 25.7 Å². The van der Waals surface area contributed by atoms with E-state index in [4.69, 9.17) is 9.73 Å². The van der Waals surface area contributed by atoms with Gasteiger partial charge in [0.15, 0.2) is 11.7 Å². The number of ketones is 1. The van der Waals surface area contributed by atoms with E-state index in [9.17, 15) is 4.79 Å². The third kappa shape index (κ3) is 11.5. The maximum atomic E-state index is 12.8. The molecule has 1 aliphatic carbocycles. The number of nitrogens with one attached hydrogen (secondary N) is 2. The number of carbonyl (C=O) groups is 1. The van der Waals surface area contributed by atoms with Gasteiger partial charge in [-0.05, 0) is 99.4 Å². The van der Waals surface area contributed by atoms with Crippen LogP contribution in [0.25, 0.3) is 5.57 Å². The van der Waals surface area contributed by atoms with Gasteiger partial charge in [0.2, 0.25) is 0 Å². The van der Waals surface area contributed by atoms with Crippen molar-refractivity contribution in [1.82, 2.24) is 4.90 Å². The van der Waals surface area contributed by atoms with E-state index in [1.807, 2.05) is 66.8 Å². The van der Waals surface area contributed by atoms with Crippen LogP contribution in [0.3, 0.4) is 0 Å². The van der Waals surface area contributed by atoms with Crippen molar-refractivity contribution in [3.63, 3.8) is 0 Å². The van der Waals surface area contributed by atoms with Gasteiger partial charge >= 0.3 is 0 Å². The van der Waals surface area contributed by atoms with Crippen molar-refractivity contribution < 1.29 is 9.53 Å². The van der Waals surface area contributed by atoms with Gasteiger partial charge in [0.05, 0.1) is 11.4 Å². The number of rotatable bonds is 17. The van der Waals surface area contributed by atoms with E-state index in [-0.39, 0.29) is 5.78 Å². The number of ether oxygens (including phenoxy) is 1. The fourth-order valence-electron chi connectivity index (χ4n) is 6.30. The molecule has 1 aromatic rings. The Morgan fingerprint density at radius 1 is 1.10 bits per heavy atom. The van der Waals surface area contributed by atoms with Crippen molar-refractivity contribution in [3.8, 4) is 0 Å². The van der Waals surface area contributed by atoms with Gasteiger partial charge in [-0.25, -0.2) is 4.99 Å². The van der Waals surface area contributed by atoms with Crippen LogP contribution in [-0.2, 0) is 9.53 Å². The highest BCUT2D eigenvalue weighted by molar-refractivity contribution is 6.04. The molecule has 3 rings (SSSR count). The molecule has 0 unspecified atom stereocenters. The number of carbonyl (C=O) groups excluding carboxylic acids is 1. The van der Waals surface area contributed by atoms with E-state index in [1.54, 1.807) is 0 Å². The van der Waals surface area contributed by atoms with Crippen molar-refractivity contribution in [2.24, 2.45) is 10.9 Å². The Balaban J connectivity index is 0.00000409. The van der Waals surface area contributed by atoms with Crippen LogP contribution in [-0.4, -0.2) is 36.5 Å². The molecule has 0 bridgehead atoms. The lowest BCUT2D eigenvalue weighted by atomic mass is 9.92. The predicted molar refractivity (Wildman–Crippen MR) is 214 cm³/mol. The number of nitrogens with zero attached hydrogens (tertiary/aromatic N) is 2. The Labute approximate surface area is 298 Å². The van der Waals surface area contributed by atoms with Gasteiger partial charge in [0, 0.05) is 43.9 Å². The number of aliphatic imine (C=N–C) groups is 1. The van der Waals surface area contributed by atoms with Crippen molar-refractivity contribution in [2.45, 2.75) is 114 Å². The molecular formula is C43H64N4O2. The van der Waals surface area contributed by atoms with Gasteiger partial charge in [-0.3, -0.25) is 4.79 Å². The molecule has 1 heterocycles. The fourth-order valence-corrected chi connectivity index (χ4v) is 6.30. The monoisotopic (exact) mass is 669 g/mol. The maximum Gasteiger partial charge on any atom is 0.196 e. The maximum absolute atomic E-state index is 12.8. The molecule has 0 saturated heterocycles. The first-order valence-corrected chi connectivity index (χ1v) is 18.6. The Kier molecular flexibility index (Phi) is 17.7. The van der Waals surface area contributed by atoms with Crippen LogP contribution in [0.1, 0.15) is 119 Å². The van der Waals surface area contributed by atoms with Crippen molar-refractivity contribution >= 4 is 28.4 Å². The number of hydrogen-bond donors (Lipinski definition) is 2. The second kappa shape index (κ2) is 21.1. The molecule has 0 spiro atoms. The van der Waals surface area contributed by atoms with Gasteiger partial charge in [0.25, 0.3) is 0 Å². The first-order chi connectivity index (χ1) is 23.6. The molecule has 1 aromatic carbocycles. The van der Waals surface area contributed by atoms with E-state index in [2.05, 4.69) is 73.7 Å². The lowest BCUT2D eigenvalue weighted by molar-refractivity contribution is -0.115. The topological polar surface area (TPSA) is 66.0 Å². The highest BCUT2D eigenvalue weighted by Crippen LogP contribution is 2.38. The molecule has 49 heavy (non-hydrogen) atoms. The lowest BCUT2D eigenvalue weighted by Crippen LogP contribution is -2.27. The van der Waals surface area contributed by atoms with Crippen LogP contribution in [0.4, 0.5) is 11.4 Å². The van der Waals surface area contributed by atoms with Crippen molar-refractivity contribution in [2.75, 3.05) is 30.8 Å². The quantitative estimate of drug-likeness (QED) is 0.0982. The van der Waals surface area contributed by atoms with Crippen LogP contribution in [0.15, 0.2) is 100 Å². The van der Waals surface area contributed by atoms with Gasteiger partial charge in [0.1, 0.15) is 11.6 Å². The van der Waals surface area contributed by atoms with Gasteiger partial charge in [-0.15, -0.1) is 0 Å². The zero-order chi connectivity index (χ0) is 36.5. The molecule has 0 aromatic heterocycles. The van der Waals surface area contributed by atoms with Crippen LogP contribution in [0.5, 0.6) is 0 Å². The van der Waals surface area contributed by atoms with Crippen molar-refractivity contribution in [3.05, 3.63) is 101 Å². The number of hydrogen-bond acceptors (Lipinski definition) is 6. The van der Waals surface area contributed by atoms with E-state index in [0.29, 0.717) is 18.2 Å². The summed E-state index contributed by atoms with van der Waals surface area (Å²) in [5.74, 6) is 3.03. The molecule has 6 nitrogen and oxygen atoms in total. The highest BCUT2D eigenvalue weighted by atomic mass is 16.5. The summed E-state index contributed by atoms with van der Waals surface area (Å²) in [6, 6.07) is 6.25. The standard InChI is InChI=1S/C41H58N4O2.C2H6/c1-11-16-23-45(15-5)40-24-28(6)29(7)41(47-40)36(13-3)34-21-22-37(38(27-34)42-10)44-31(9)43-30(8)33(12-2)26-35(39(46)14-4)25-32-19-17-18-20-32;1-2/h12-13,21-22,24,26-27,32,42,44H,6,9,11,14-20,23,25H2,1-5,7-8,10H3;1-2H3/b33-12-,35-26+,36-13-,43-30-;. The molecule has 2 N–H and O–H groups in total. The summed E-state index contributed by atoms with van der Waals surface area (Å²) < 4.78 is 6.60. The first-order valence-electron chi connectivity index (χ1n) is 18.6. The summed E-state index contributed by atoms with van der Waals surface area (Å²) in [5.41, 5.74) is 8.50. The van der Waals surface area contributed by atoms with E-state index >= 15 is 0 Å². The summed E-state index contributed by atoms with van der Waals surface area (Å²) in [5, 5.41) is 6.73. The van der Waals surface area contributed by atoms with Crippen LogP contribution < -0.4 is 10.6 Å². The Morgan fingerprint density at radius 3 is 2.37 bits per heavy atom. The van der Waals surface area contributed by atoms with E-state index < -0.39 is 0 Å². The SMILES string of the molecule is C=C(\N=C(C)/C(=C\C)/C=C(\CC1CCCC1)C(=O)CC)Nc1ccc(/C(=C/C)C2=C(C)C(=C)C=C(N(CC)CCCC)O2)cc1NC.CC. The molecule has 1 saturated carbocycles. The van der Waals surface area contributed by atoms with Gasteiger partial charge in [-0.2, -0.15) is 0 Å². The Bertz CT molecular complexity index is 1500. The molecule has 1 aliphatic heterocycles. The second-order valence-electron chi connectivity index (χ2n) is 12.5. The minimum absolute atomic E-state index is 0.223. The second-order valence-corrected chi connectivity index (χ2v) is 12.5. The van der Waals surface area contributed by atoms with E-state index in [0.717, 1.165) is 94.5 Å². The third-order valence-electron chi connectivity index (χ3n) is 9.24. The summed E-state index contributed by atoms with van der Waals surface area (Å²) in [7, 11) is 1.91. The summed E-state index contributed by atoms with van der Waals surface area (Å²) >= 11 is 0. The van der Waals surface area contributed by atoms with Crippen molar-refractivity contribution in [1.29, 1.82) is 0 Å². The largest absolute Gasteiger partial charge is 0.440 e. The zero-order valence-electron chi connectivity index (χ0n) is 32.3. The molecule has 0 atom stereocenters. The summed E-state index contributed by atoms with van der Waals surface area (Å²) in [4.78, 5) is 19.9. The summed E-state index contributed by atoms with van der Waals surface area (Å²) in [6.07, 6.45) is 16.8. The molecule has 1 fully saturated rings. The Morgan fingerprint density at radius 2 is 1.80 bits per heavy atom. The lowest BCUT2D eigenvalue weighted by Gasteiger charge is -2.31. The molecule has 0 radical (unpaired) electrons. The number of unbranched alkanes of at least 4 members (excludes halogenated alkanes) is 1. The predicted octanol–water partition coefficient (Wildman–Crippen LogP) is 11.8. The summed E-state index contributed by atoms with van der Waals surface area (Å²) in [6.45, 7) is 28.8. The van der Waals surface area contributed by atoms with Gasteiger partial charge in [-0.1, -0.05) is 91.2 Å². The number of benzene rings is 1. The van der Waals surface area contributed by atoms with Crippen LogP contribution in [0.2, 0.25) is 0 Å². The normalized spacial score (nSPS) is 16.1. The molecular weight excluding hydrogens is 604 g/mol. The van der Waals surface area contributed by atoms with Crippen LogP contribution >= 0.6 is 0 Å². The minimum atomic E-state index is 0.223. The third-order valence-corrected chi connectivity index (χ3v) is 9.24. The zero-order valence-corrected chi connectivity index (χ0v) is 32.3. The number of allylic oxidation sites excluding steroid dienone is 9. The fraction of sp³-hybridized carbons (Fsp3) is 0.488. The highest BCUT2D eigenvalue weighted by Gasteiger charge is 2.24. The minimum Gasteiger partial charge on any atom is -0.440 e. The molecule has 0 amide bonds. The number of anilines is 2. The van der Waals surface area contributed by atoms with Crippen LogP contribution in [0, 0.1) is 5.92 Å². The average molecular weight is 669 g/mol. The van der Waals surface area contributed by atoms with Gasteiger partial charge < -0.3 is 20.3 Å². The molecule has 2 aliphatic rings. The Hall–Kier alpha value is -4.06. The average Bonchev–Trinajstić information content (AvgIpc) is 3.63.